The lowest BCUT2D eigenvalue weighted by Gasteiger charge is -2.10. The van der Waals surface area contributed by atoms with Crippen LogP contribution in [0.5, 0.6) is 11.5 Å². The van der Waals surface area contributed by atoms with E-state index in [-0.39, 0.29) is 12.4 Å². The highest BCUT2D eigenvalue weighted by Crippen LogP contribution is 2.37. The molecule has 0 unspecified atom stereocenters. The molecule has 0 fully saturated rings. The molecule has 164 valence electrons. The van der Waals surface area contributed by atoms with Crippen molar-refractivity contribution < 1.29 is 18.7 Å². The normalized spacial score (nSPS) is 11.2. The number of hydrogen-bond donors (Lipinski definition) is 1. The monoisotopic (exact) mass is 447 g/mol. The number of nitrogens with one attached hydrogen (secondary N) is 1. The molecule has 0 aliphatic carbocycles. The molecule has 1 N–H and O–H groups in total. The first kappa shape index (κ1) is 22.2. The lowest BCUT2D eigenvalue weighted by atomic mass is 10.2. The number of ether oxygens (including phenoxy) is 2. The number of amides is 1. The molecule has 1 amide bonds. The maximum Gasteiger partial charge on any atom is 0.437 e. The number of benzene rings is 1. The average Bonchev–Trinajstić information content (AvgIpc) is 3.19. The van der Waals surface area contributed by atoms with Crippen LogP contribution in [0, 0.1) is 13.8 Å². The fourth-order valence-corrected chi connectivity index (χ4v) is 3.25. The maximum atomic E-state index is 12.4. The van der Waals surface area contributed by atoms with Gasteiger partial charge in [0.15, 0.2) is 11.5 Å². The summed E-state index contributed by atoms with van der Waals surface area (Å²) < 4.78 is 18.1. The third-order valence-corrected chi connectivity index (χ3v) is 5.00. The zero-order valence-electron chi connectivity index (χ0n) is 17.7. The first-order valence-electron chi connectivity index (χ1n) is 9.21. The van der Waals surface area contributed by atoms with Gasteiger partial charge in [-0.1, -0.05) is 11.6 Å². The van der Waals surface area contributed by atoms with Gasteiger partial charge in [-0.3, -0.25) is 9.48 Å². The Kier molecular flexibility index (Phi) is 6.50. The second-order valence-electron chi connectivity index (χ2n) is 6.62. The van der Waals surface area contributed by atoms with E-state index in [9.17, 15) is 9.59 Å². The Morgan fingerprint density at radius 1 is 1.23 bits per heavy atom. The van der Waals surface area contributed by atoms with E-state index in [2.05, 4.69) is 15.5 Å². The maximum absolute atomic E-state index is 12.4. The summed E-state index contributed by atoms with van der Waals surface area (Å²) in [5.41, 5.74) is 2.69. The second-order valence-corrected chi connectivity index (χ2v) is 7.00. The van der Waals surface area contributed by atoms with E-state index < -0.39 is 11.7 Å². The van der Waals surface area contributed by atoms with E-state index in [1.54, 1.807) is 36.9 Å². The zero-order chi connectivity index (χ0) is 22.7. The minimum absolute atomic E-state index is 0.0254. The Morgan fingerprint density at radius 3 is 2.58 bits per heavy atom. The van der Waals surface area contributed by atoms with Crippen molar-refractivity contribution in [3.05, 3.63) is 50.5 Å². The van der Waals surface area contributed by atoms with Gasteiger partial charge in [-0.05, 0) is 37.6 Å². The largest absolute Gasteiger partial charge is 0.493 e. The molecule has 10 nitrogen and oxygen atoms in total. The first-order chi connectivity index (χ1) is 14.7. The van der Waals surface area contributed by atoms with E-state index in [1.165, 1.54) is 20.3 Å². The topological polar surface area (TPSA) is 113 Å². The summed E-state index contributed by atoms with van der Waals surface area (Å²) in [5.74, 6) is -0.278. The predicted octanol–water partition coefficient (Wildman–Crippen LogP) is 2.67. The van der Waals surface area contributed by atoms with Crippen molar-refractivity contribution in [1.29, 1.82) is 0 Å². The minimum atomic E-state index is -0.757. The smallest absolute Gasteiger partial charge is 0.437 e. The number of aryl methyl sites for hydroxylation is 2. The molecule has 31 heavy (non-hydrogen) atoms. The summed E-state index contributed by atoms with van der Waals surface area (Å²) in [6.45, 7) is 3.31. The van der Waals surface area contributed by atoms with Crippen molar-refractivity contribution in [2.45, 2.75) is 20.4 Å². The second kappa shape index (κ2) is 9.09. The van der Waals surface area contributed by atoms with Crippen LogP contribution in [0.25, 0.3) is 12.2 Å². The number of halogens is 1. The highest BCUT2D eigenvalue weighted by molar-refractivity contribution is 6.34. The van der Waals surface area contributed by atoms with Crippen LogP contribution in [0.15, 0.2) is 21.3 Å². The molecule has 0 radical (unpaired) electrons. The van der Waals surface area contributed by atoms with Gasteiger partial charge < -0.3 is 19.2 Å². The van der Waals surface area contributed by atoms with Crippen molar-refractivity contribution in [2.75, 3.05) is 19.5 Å². The summed E-state index contributed by atoms with van der Waals surface area (Å²) in [7, 11) is 4.78. The van der Waals surface area contributed by atoms with Gasteiger partial charge in [0, 0.05) is 13.1 Å². The van der Waals surface area contributed by atoms with Crippen molar-refractivity contribution in [3.8, 4) is 11.5 Å². The standard InChI is InChI=1S/C20H22ClN5O5/c1-11-18(12(2)25(3)23-11)22-15(27)10-26-20(28)31-16(24-26)9-7-13-6-8-14(29-4)19(30-5)17(13)21/h6-9H,10H2,1-5H3,(H,22,27)/b9-7+. The molecule has 0 atom stereocenters. The Labute approximate surface area is 183 Å². The van der Waals surface area contributed by atoms with Gasteiger partial charge in [0.2, 0.25) is 11.8 Å². The Bertz CT molecular complexity index is 1210. The SMILES string of the molecule is COc1ccc(/C=C/c2nn(CC(=O)Nc3c(C)nn(C)c3C)c(=O)o2)c(Cl)c1OC. The summed E-state index contributed by atoms with van der Waals surface area (Å²) in [5, 5.41) is 11.4. The van der Waals surface area contributed by atoms with E-state index in [0.29, 0.717) is 33.5 Å². The summed E-state index contributed by atoms with van der Waals surface area (Å²) in [6, 6.07) is 3.42. The molecule has 2 aromatic heterocycles. The Balaban J connectivity index is 1.75. The van der Waals surface area contributed by atoms with Gasteiger partial charge in [0.05, 0.1) is 36.3 Å². The molecule has 11 heteroatoms. The van der Waals surface area contributed by atoms with Crippen LogP contribution in [0.2, 0.25) is 5.02 Å². The molecule has 2 heterocycles. The van der Waals surface area contributed by atoms with Crippen molar-refractivity contribution in [1.82, 2.24) is 19.6 Å². The Hall–Kier alpha value is -3.53. The van der Waals surface area contributed by atoms with Crippen LogP contribution in [0.3, 0.4) is 0 Å². The van der Waals surface area contributed by atoms with E-state index in [0.717, 1.165) is 10.4 Å². The van der Waals surface area contributed by atoms with Crippen LogP contribution in [-0.2, 0) is 18.4 Å². The molecule has 3 aromatic rings. The summed E-state index contributed by atoms with van der Waals surface area (Å²) >= 11 is 6.33. The van der Waals surface area contributed by atoms with Gasteiger partial charge in [0.1, 0.15) is 6.54 Å². The quantitative estimate of drug-likeness (QED) is 0.592. The van der Waals surface area contributed by atoms with Crippen molar-refractivity contribution in [2.24, 2.45) is 7.05 Å². The number of rotatable bonds is 7. The number of anilines is 1. The lowest BCUT2D eigenvalue weighted by Crippen LogP contribution is -2.26. The predicted molar refractivity (Wildman–Crippen MR) is 116 cm³/mol. The summed E-state index contributed by atoms with van der Waals surface area (Å²) in [6.07, 6.45) is 3.08. The number of nitrogens with zero attached hydrogens (tertiary/aromatic N) is 4. The van der Waals surface area contributed by atoms with Crippen LogP contribution in [0.1, 0.15) is 22.8 Å². The molecule has 1 aromatic carbocycles. The number of hydrogen-bond acceptors (Lipinski definition) is 7. The van der Waals surface area contributed by atoms with Crippen LogP contribution in [0.4, 0.5) is 5.69 Å². The van der Waals surface area contributed by atoms with Gasteiger partial charge >= 0.3 is 5.76 Å². The zero-order valence-corrected chi connectivity index (χ0v) is 18.5. The average molecular weight is 448 g/mol. The molecule has 3 rings (SSSR count). The molecule has 0 bridgehead atoms. The number of carbonyl (C=O) groups excluding carboxylic acids is 1. The van der Waals surface area contributed by atoms with Gasteiger partial charge in [-0.15, -0.1) is 5.10 Å². The van der Waals surface area contributed by atoms with Gasteiger partial charge in [0.25, 0.3) is 0 Å². The fraction of sp³-hybridized carbons (Fsp3) is 0.300. The van der Waals surface area contributed by atoms with Crippen LogP contribution < -0.4 is 20.5 Å². The van der Waals surface area contributed by atoms with Crippen molar-refractivity contribution in [3.63, 3.8) is 0 Å². The van der Waals surface area contributed by atoms with Crippen LogP contribution >= 0.6 is 11.6 Å². The molecule has 0 aliphatic rings. The highest BCUT2D eigenvalue weighted by Gasteiger charge is 2.16. The number of aromatic nitrogens is 4. The number of carbonyl (C=O) groups is 1. The molecule has 0 saturated heterocycles. The van der Waals surface area contributed by atoms with Gasteiger partial charge in [-0.2, -0.15) is 9.78 Å². The molecule has 0 spiro atoms. The summed E-state index contributed by atoms with van der Waals surface area (Å²) in [4.78, 5) is 24.4. The lowest BCUT2D eigenvalue weighted by molar-refractivity contribution is -0.117. The Morgan fingerprint density at radius 2 is 1.97 bits per heavy atom. The molecular weight excluding hydrogens is 426 g/mol. The first-order valence-corrected chi connectivity index (χ1v) is 9.59. The number of methoxy groups -OCH3 is 2. The van der Waals surface area contributed by atoms with E-state index in [1.807, 2.05) is 6.92 Å². The van der Waals surface area contributed by atoms with Crippen LogP contribution in [-0.4, -0.2) is 39.7 Å². The third kappa shape index (κ3) is 4.64. The van der Waals surface area contributed by atoms with Crippen molar-refractivity contribution >= 4 is 35.3 Å². The van der Waals surface area contributed by atoms with E-state index >= 15 is 0 Å². The molecule has 0 saturated carbocycles. The highest BCUT2D eigenvalue weighted by atomic mass is 35.5. The third-order valence-electron chi connectivity index (χ3n) is 4.61. The molecular formula is C20H22ClN5O5. The molecule has 0 aliphatic heterocycles. The van der Waals surface area contributed by atoms with E-state index in [4.69, 9.17) is 25.5 Å². The van der Waals surface area contributed by atoms with Gasteiger partial charge in [-0.25, -0.2) is 4.79 Å². The fourth-order valence-electron chi connectivity index (χ4n) is 2.95. The minimum Gasteiger partial charge on any atom is -0.493 e.